The summed E-state index contributed by atoms with van der Waals surface area (Å²) >= 11 is 0. The third kappa shape index (κ3) is 6.24. The van der Waals surface area contributed by atoms with Crippen molar-refractivity contribution in [3.05, 3.63) is 71.9 Å². The van der Waals surface area contributed by atoms with Crippen molar-refractivity contribution in [2.45, 2.75) is 43.2 Å². The van der Waals surface area contributed by atoms with Crippen molar-refractivity contribution in [1.29, 1.82) is 0 Å². The van der Waals surface area contributed by atoms with E-state index in [4.69, 9.17) is 0 Å². The van der Waals surface area contributed by atoms with Gasteiger partial charge in [0.05, 0.1) is 11.3 Å². The zero-order valence-corrected chi connectivity index (χ0v) is 16.0. The van der Waals surface area contributed by atoms with Crippen LogP contribution >= 0.6 is 0 Å². The molecule has 0 aromatic heterocycles. The molecule has 27 heavy (non-hydrogen) atoms. The van der Waals surface area contributed by atoms with Crippen molar-refractivity contribution in [1.82, 2.24) is 0 Å². The molecule has 0 bridgehead atoms. The van der Waals surface area contributed by atoms with Gasteiger partial charge in [-0.15, -0.1) is 0 Å². The average Bonchev–Trinajstić information content (AvgIpc) is 3.05. The minimum Gasteiger partial charge on any atom is -0.224 e. The average molecular weight is 396 g/mol. The Bertz CT molecular complexity index is 871. The van der Waals surface area contributed by atoms with Crippen molar-refractivity contribution >= 4 is 15.4 Å². The molecule has 0 spiro atoms. The van der Waals surface area contributed by atoms with E-state index in [1.54, 1.807) is 36.4 Å². The summed E-state index contributed by atoms with van der Waals surface area (Å²) in [4.78, 5) is 0.267. The summed E-state index contributed by atoms with van der Waals surface area (Å²) in [5.41, 5.74) is 4.12. The largest absolute Gasteiger partial charge is 0.392 e. The van der Waals surface area contributed by atoms with Crippen molar-refractivity contribution in [3.8, 4) is 0 Å². The summed E-state index contributed by atoms with van der Waals surface area (Å²) in [7, 11) is -3.25. The molecule has 146 valence electrons. The molecule has 0 amide bonds. The third-order valence-electron chi connectivity index (χ3n) is 4.41. The van der Waals surface area contributed by atoms with Gasteiger partial charge in [-0.05, 0) is 60.1 Å². The number of rotatable bonds is 7. The predicted octanol–water partition coefficient (Wildman–Crippen LogP) is 6.04. The first kappa shape index (κ1) is 21.2. The quantitative estimate of drug-likeness (QED) is 0.416. The van der Waals surface area contributed by atoms with Crippen molar-refractivity contribution in [3.63, 3.8) is 0 Å². The van der Waals surface area contributed by atoms with Crippen LogP contribution in [-0.2, 0) is 9.84 Å². The van der Waals surface area contributed by atoms with Gasteiger partial charge in [0.2, 0.25) is 0 Å². The molecule has 1 aromatic carbocycles. The minimum absolute atomic E-state index is 0.267. The van der Waals surface area contributed by atoms with E-state index >= 15 is 0 Å². The van der Waals surface area contributed by atoms with E-state index in [0.717, 1.165) is 47.6 Å². The summed E-state index contributed by atoms with van der Waals surface area (Å²) in [6.07, 6.45) is 5.26. The van der Waals surface area contributed by atoms with E-state index in [-0.39, 0.29) is 4.90 Å². The molecule has 0 N–H and O–H groups in total. The second-order valence-corrected chi connectivity index (χ2v) is 8.55. The molecular formula is C21H23F3O2S. The van der Waals surface area contributed by atoms with Crippen LogP contribution in [0.5, 0.6) is 0 Å². The Morgan fingerprint density at radius 1 is 1.15 bits per heavy atom. The fourth-order valence-corrected chi connectivity index (χ4v) is 3.81. The molecule has 0 saturated heterocycles. The smallest absolute Gasteiger partial charge is 0.224 e. The first-order chi connectivity index (χ1) is 12.6. The predicted molar refractivity (Wildman–Crippen MR) is 103 cm³/mol. The van der Waals surface area contributed by atoms with E-state index in [2.05, 4.69) is 6.58 Å². The molecule has 0 unspecified atom stereocenters. The maximum atomic E-state index is 12.3. The van der Waals surface area contributed by atoms with Crippen LogP contribution in [0.25, 0.3) is 5.57 Å². The Labute approximate surface area is 158 Å². The summed E-state index contributed by atoms with van der Waals surface area (Å²) < 4.78 is 60.1. The van der Waals surface area contributed by atoms with Crippen molar-refractivity contribution in [2.75, 3.05) is 6.26 Å². The molecule has 0 aliphatic heterocycles. The Hall–Kier alpha value is -2.08. The molecule has 0 saturated carbocycles. The zero-order chi connectivity index (χ0) is 20.1. The first-order valence-corrected chi connectivity index (χ1v) is 10.6. The normalized spacial score (nSPS) is 16.4. The Balaban J connectivity index is 2.28. The SMILES string of the molecule is C=C/C=C(\C/C=C\CC(F)(F)F)C1=C(c2ccc(S(C)(=O)=O)cc2)CCC1. The molecule has 2 rings (SSSR count). The third-order valence-corrected chi connectivity index (χ3v) is 5.54. The highest BCUT2D eigenvalue weighted by Crippen LogP contribution is 2.39. The highest BCUT2D eigenvalue weighted by atomic mass is 32.2. The zero-order valence-electron chi connectivity index (χ0n) is 15.2. The number of hydrogen-bond donors (Lipinski definition) is 0. The Morgan fingerprint density at radius 2 is 1.81 bits per heavy atom. The van der Waals surface area contributed by atoms with Crippen LogP contribution in [0, 0.1) is 0 Å². The van der Waals surface area contributed by atoms with Crippen LogP contribution in [0.2, 0.25) is 0 Å². The highest BCUT2D eigenvalue weighted by Gasteiger charge is 2.24. The molecule has 1 aliphatic rings. The molecule has 0 radical (unpaired) electrons. The maximum Gasteiger partial charge on any atom is 0.392 e. The summed E-state index contributed by atoms with van der Waals surface area (Å²) in [6.45, 7) is 3.71. The van der Waals surface area contributed by atoms with Gasteiger partial charge in [-0.2, -0.15) is 13.2 Å². The van der Waals surface area contributed by atoms with Gasteiger partial charge >= 0.3 is 6.18 Å². The van der Waals surface area contributed by atoms with E-state index in [9.17, 15) is 21.6 Å². The molecule has 0 fully saturated rings. The fourth-order valence-electron chi connectivity index (χ4n) is 3.18. The van der Waals surface area contributed by atoms with Gasteiger partial charge in [0.1, 0.15) is 0 Å². The van der Waals surface area contributed by atoms with E-state index in [0.29, 0.717) is 6.42 Å². The number of sulfone groups is 1. The number of hydrogen-bond acceptors (Lipinski definition) is 2. The van der Waals surface area contributed by atoms with Gasteiger partial charge in [0.15, 0.2) is 9.84 Å². The number of allylic oxidation sites excluding steroid dienone is 7. The lowest BCUT2D eigenvalue weighted by Gasteiger charge is -2.11. The lowest BCUT2D eigenvalue weighted by Crippen LogP contribution is -2.04. The Kier molecular flexibility index (Phi) is 6.87. The van der Waals surface area contributed by atoms with Gasteiger partial charge in [-0.1, -0.05) is 43.0 Å². The van der Waals surface area contributed by atoms with Crippen molar-refractivity contribution in [2.24, 2.45) is 0 Å². The van der Waals surface area contributed by atoms with Crippen molar-refractivity contribution < 1.29 is 21.6 Å². The fraction of sp³-hybridized carbons (Fsp3) is 0.333. The standard InChI is InChI=1S/C21H23F3O2S/c1-3-7-16(8-4-5-15-21(22,23)24)19-9-6-10-20(19)17-11-13-18(14-12-17)27(2,25)26/h3-5,7,11-14H,1,6,8-10,15H2,2H3/b5-4-,16-7+. The lowest BCUT2D eigenvalue weighted by molar-refractivity contribution is -0.125. The summed E-state index contributed by atoms with van der Waals surface area (Å²) in [5.74, 6) is 0. The van der Waals surface area contributed by atoms with Gasteiger partial charge in [0, 0.05) is 6.26 Å². The molecule has 1 aromatic rings. The summed E-state index contributed by atoms with van der Waals surface area (Å²) in [6, 6.07) is 6.77. The van der Waals surface area contributed by atoms with E-state index in [1.165, 1.54) is 6.26 Å². The monoisotopic (exact) mass is 396 g/mol. The lowest BCUT2D eigenvalue weighted by atomic mass is 9.94. The number of halogens is 3. The first-order valence-electron chi connectivity index (χ1n) is 8.68. The summed E-state index contributed by atoms with van der Waals surface area (Å²) in [5, 5.41) is 0. The second-order valence-electron chi connectivity index (χ2n) is 6.53. The second kappa shape index (κ2) is 8.74. The van der Waals surface area contributed by atoms with Crippen LogP contribution < -0.4 is 0 Å². The topological polar surface area (TPSA) is 34.1 Å². The highest BCUT2D eigenvalue weighted by molar-refractivity contribution is 7.90. The minimum atomic E-state index is -4.20. The van der Waals surface area contributed by atoms with E-state index in [1.807, 2.05) is 6.08 Å². The van der Waals surface area contributed by atoms with Gasteiger partial charge < -0.3 is 0 Å². The van der Waals surface area contributed by atoms with Crippen LogP contribution in [-0.4, -0.2) is 20.8 Å². The number of alkyl halides is 3. The van der Waals surface area contributed by atoms with Crippen LogP contribution in [0.4, 0.5) is 13.2 Å². The van der Waals surface area contributed by atoms with Gasteiger partial charge in [0.25, 0.3) is 0 Å². The van der Waals surface area contributed by atoms with E-state index < -0.39 is 22.4 Å². The van der Waals surface area contributed by atoms with Crippen LogP contribution in [0.1, 0.15) is 37.7 Å². The maximum absolute atomic E-state index is 12.3. The van der Waals surface area contributed by atoms with Gasteiger partial charge in [-0.25, -0.2) is 8.42 Å². The van der Waals surface area contributed by atoms with Gasteiger partial charge in [-0.3, -0.25) is 0 Å². The molecule has 1 aliphatic carbocycles. The number of benzene rings is 1. The molecule has 6 heteroatoms. The molecule has 2 nitrogen and oxygen atoms in total. The molecular weight excluding hydrogens is 373 g/mol. The van der Waals surface area contributed by atoms with Crippen LogP contribution in [0.3, 0.4) is 0 Å². The Morgan fingerprint density at radius 3 is 2.37 bits per heavy atom. The molecule has 0 atom stereocenters. The van der Waals surface area contributed by atoms with Crippen LogP contribution in [0.15, 0.2) is 71.2 Å². The molecule has 0 heterocycles.